The van der Waals surface area contributed by atoms with Crippen molar-refractivity contribution in [2.75, 3.05) is 0 Å². The van der Waals surface area contributed by atoms with Crippen molar-refractivity contribution in [3.8, 4) is 28.7 Å². The van der Waals surface area contributed by atoms with Gasteiger partial charge in [-0.2, -0.15) is 8.78 Å². The predicted octanol–water partition coefficient (Wildman–Crippen LogP) is 9.11. The van der Waals surface area contributed by atoms with Crippen LogP contribution in [-0.4, -0.2) is 0 Å². The second-order valence-electron chi connectivity index (χ2n) is 8.84. The summed E-state index contributed by atoms with van der Waals surface area (Å²) >= 11 is 0. The lowest BCUT2D eigenvalue weighted by atomic mass is 10.0. The molecule has 0 N–H and O–H groups in total. The Hall–Kier alpha value is -4.72. The minimum absolute atomic E-state index is 0.116. The van der Waals surface area contributed by atoms with Crippen LogP contribution in [0.25, 0.3) is 11.1 Å². The average Bonchev–Trinajstić information content (AvgIpc) is 2.88. The molecule has 4 rings (SSSR count). The van der Waals surface area contributed by atoms with Gasteiger partial charge in [-0.1, -0.05) is 24.0 Å². The quantitative estimate of drug-likeness (QED) is 0.0898. The minimum Gasteiger partial charge on any atom is -0.429 e. The molecule has 0 amide bonds. The molecule has 0 aliphatic carbocycles. The Labute approximate surface area is 232 Å². The molecule has 42 heavy (non-hydrogen) atoms. The summed E-state index contributed by atoms with van der Waals surface area (Å²) in [5.74, 6) is -9.72. The molecule has 11 heteroatoms. The van der Waals surface area contributed by atoms with Gasteiger partial charge in [-0.15, -0.1) is 6.58 Å². The summed E-state index contributed by atoms with van der Waals surface area (Å²) in [6.45, 7) is 3.57. The van der Waals surface area contributed by atoms with Crippen molar-refractivity contribution in [2.45, 2.75) is 19.0 Å². The van der Waals surface area contributed by atoms with Gasteiger partial charge < -0.3 is 4.74 Å². The molecule has 0 fully saturated rings. The summed E-state index contributed by atoms with van der Waals surface area (Å²) in [7, 11) is 0. The molecule has 4 aromatic carbocycles. The lowest BCUT2D eigenvalue weighted by Gasteiger charge is -2.20. The average molecular weight is 594 g/mol. The van der Waals surface area contributed by atoms with Gasteiger partial charge in [0.25, 0.3) is 0 Å². The maximum Gasteiger partial charge on any atom is 0.432 e. The largest absolute Gasteiger partial charge is 0.432 e. The van der Waals surface area contributed by atoms with Gasteiger partial charge in [0.1, 0.15) is 40.4 Å². The minimum atomic E-state index is -4.82. The van der Waals surface area contributed by atoms with E-state index in [2.05, 4.69) is 23.2 Å². The van der Waals surface area contributed by atoms with Crippen molar-refractivity contribution in [2.24, 2.45) is 0 Å². The third-order valence-corrected chi connectivity index (χ3v) is 5.88. The Bertz CT molecular complexity index is 1680. The molecule has 0 heterocycles. The number of benzene rings is 4. The molecule has 0 aromatic heterocycles. The summed E-state index contributed by atoms with van der Waals surface area (Å²) in [5, 5.41) is 0. The first-order chi connectivity index (χ1) is 19.8. The lowest BCUT2D eigenvalue weighted by Crippen LogP contribution is -2.25. The Morgan fingerprint density at radius 2 is 1.29 bits per heavy atom. The number of rotatable bonds is 7. The van der Waals surface area contributed by atoms with Crippen LogP contribution in [0.4, 0.5) is 43.9 Å². The van der Waals surface area contributed by atoms with Gasteiger partial charge in [0.2, 0.25) is 0 Å². The van der Waals surface area contributed by atoms with E-state index in [9.17, 15) is 43.9 Å². The van der Waals surface area contributed by atoms with Gasteiger partial charge in [0.15, 0.2) is 17.5 Å². The lowest BCUT2D eigenvalue weighted by molar-refractivity contribution is -0.189. The van der Waals surface area contributed by atoms with Crippen molar-refractivity contribution in [1.29, 1.82) is 0 Å². The molecule has 0 aliphatic heterocycles. The smallest absolute Gasteiger partial charge is 0.429 e. The second-order valence-corrected chi connectivity index (χ2v) is 8.84. The Morgan fingerprint density at radius 3 is 1.83 bits per heavy atom. The van der Waals surface area contributed by atoms with E-state index < -0.39 is 80.6 Å². The van der Waals surface area contributed by atoms with E-state index in [1.54, 1.807) is 12.1 Å². The van der Waals surface area contributed by atoms with Gasteiger partial charge in [0.05, 0.1) is 11.1 Å². The Kier molecular flexibility index (Phi) is 8.66. The van der Waals surface area contributed by atoms with E-state index in [4.69, 9.17) is 0 Å². The first-order valence-electron chi connectivity index (χ1n) is 11.9. The van der Waals surface area contributed by atoms with E-state index >= 15 is 0 Å². The fraction of sp³-hybridized carbons (Fsp3) is 0.0968. The van der Waals surface area contributed by atoms with E-state index in [1.807, 2.05) is 0 Å². The maximum atomic E-state index is 14.8. The molecule has 4 aromatic rings. The zero-order chi connectivity index (χ0) is 30.8. The van der Waals surface area contributed by atoms with Crippen LogP contribution >= 0.6 is 0 Å². The number of hydrogen-bond donors (Lipinski definition) is 0. The third-order valence-electron chi connectivity index (χ3n) is 5.88. The van der Waals surface area contributed by atoms with Crippen LogP contribution in [0.5, 0.6) is 5.75 Å². The highest BCUT2D eigenvalue weighted by Crippen LogP contribution is 2.38. The van der Waals surface area contributed by atoms with Crippen LogP contribution < -0.4 is 4.74 Å². The van der Waals surface area contributed by atoms with Gasteiger partial charge in [-0.3, -0.25) is 0 Å². The fourth-order valence-electron chi connectivity index (χ4n) is 3.93. The van der Waals surface area contributed by atoms with E-state index in [0.717, 1.165) is 0 Å². The summed E-state index contributed by atoms with van der Waals surface area (Å²) in [4.78, 5) is 0. The summed E-state index contributed by atoms with van der Waals surface area (Å²) in [5.41, 5.74) is -3.70. The highest BCUT2D eigenvalue weighted by molar-refractivity contribution is 5.66. The van der Waals surface area contributed by atoms with Crippen LogP contribution in [0.15, 0.2) is 67.3 Å². The third kappa shape index (κ3) is 6.43. The van der Waals surface area contributed by atoms with Gasteiger partial charge >= 0.3 is 6.11 Å². The second kappa shape index (κ2) is 12.0. The molecular weight excluding hydrogens is 578 g/mol. The molecule has 0 aliphatic rings. The predicted molar refractivity (Wildman–Crippen MR) is 133 cm³/mol. The molecule has 0 saturated carbocycles. The number of hydrogen-bond acceptors (Lipinski definition) is 1. The SMILES string of the molecule is C=CCCc1ccc(C#Cc2cc(F)c(C(F)(F)Oc3cc(F)c(-c4cc(F)c(F)c(F)c4)c(F)c3)c(F)c2)c(F)c1. The monoisotopic (exact) mass is 594 g/mol. The highest BCUT2D eigenvalue weighted by atomic mass is 19.3. The summed E-state index contributed by atoms with van der Waals surface area (Å²) in [6.07, 6.45) is -2.03. The Morgan fingerprint density at radius 1 is 0.690 bits per heavy atom. The van der Waals surface area contributed by atoms with Crippen molar-refractivity contribution in [3.05, 3.63) is 136 Å². The van der Waals surface area contributed by atoms with Crippen LogP contribution in [0.2, 0.25) is 0 Å². The van der Waals surface area contributed by atoms with E-state index in [0.29, 0.717) is 30.5 Å². The van der Waals surface area contributed by atoms with E-state index in [-0.39, 0.29) is 29.8 Å². The number of aryl methyl sites for hydroxylation is 1. The van der Waals surface area contributed by atoms with Crippen molar-refractivity contribution in [3.63, 3.8) is 0 Å². The van der Waals surface area contributed by atoms with E-state index in [1.165, 1.54) is 12.1 Å². The van der Waals surface area contributed by atoms with Gasteiger partial charge in [-0.05, 0) is 60.4 Å². The molecule has 0 unspecified atom stereocenters. The summed E-state index contributed by atoms with van der Waals surface area (Å²) in [6, 6.07) is 5.93. The maximum absolute atomic E-state index is 14.8. The first kappa shape index (κ1) is 30.2. The molecule has 0 atom stereocenters. The Balaban J connectivity index is 1.60. The van der Waals surface area contributed by atoms with Crippen molar-refractivity contribution >= 4 is 0 Å². The zero-order valence-electron chi connectivity index (χ0n) is 21.1. The number of alkyl halides is 2. The molecule has 0 radical (unpaired) electrons. The molecular formula is C31H16F10O. The van der Waals surface area contributed by atoms with Crippen LogP contribution in [0.3, 0.4) is 0 Å². The topological polar surface area (TPSA) is 9.23 Å². The molecule has 0 spiro atoms. The normalized spacial score (nSPS) is 11.2. The number of ether oxygens (including phenoxy) is 1. The molecule has 0 bridgehead atoms. The van der Waals surface area contributed by atoms with Crippen LogP contribution in [0.1, 0.15) is 28.7 Å². The molecule has 1 nitrogen and oxygen atoms in total. The fourth-order valence-corrected chi connectivity index (χ4v) is 3.93. The zero-order valence-corrected chi connectivity index (χ0v) is 21.1. The molecule has 0 saturated heterocycles. The number of allylic oxidation sites excluding steroid dienone is 1. The number of halogens is 10. The molecule has 216 valence electrons. The summed E-state index contributed by atoms with van der Waals surface area (Å²) < 4.78 is 147. The van der Waals surface area contributed by atoms with Crippen LogP contribution in [-0.2, 0) is 12.5 Å². The highest BCUT2D eigenvalue weighted by Gasteiger charge is 2.41. The first-order valence-corrected chi connectivity index (χ1v) is 11.9. The standard InChI is InChI=1S/C31H16F10O/c1-2-3-4-16-5-7-18(21(32)9-16)8-6-17-10-24(35)29(25(36)11-17)31(40,41)42-20-14-22(33)28(23(34)15-20)19-12-26(37)30(39)27(38)13-19/h2,5,7,9-15H,1,3-4H2. The van der Waals surface area contributed by atoms with Crippen molar-refractivity contribution in [1.82, 2.24) is 0 Å². The van der Waals surface area contributed by atoms with Crippen molar-refractivity contribution < 1.29 is 48.6 Å². The van der Waals surface area contributed by atoms with Gasteiger partial charge in [-0.25, -0.2) is 35.1 Å². The van der Waals surface area contributed by atoms with Crippen LogP contribution in [0, 0.1) is 58.4 Å². The van der Waals surface area contributed by atoms with Gasteiger partial charge in [0, 0.05) is 17.7 Å².